The van der Waals surface area contributed by atoms with Crippen LogP contribution in [0.25, 0.3) is 0 Å². The largest absolute Gasteiger partial charge is 0.353 e. The fourth-order valence-corrected chi connectivity index (χ4v) is 2.71. The number of carbonyl (C=O) groups excluding carboxylic acids is 2. The molecule has 2 amide bonds. The predicted molar refractivity (Wildman–Crippen MR) is 71.8 cm³/mol. The highest BCUT2D eigenvalue weighted by Gasteiger charge is 2.23. The van der Waals surface area contributed by atoms with E-state index in [2.05, 4.69) is 22.8 Å². The molecular formula is C14H17N3O2. The van der Waals surface area contributed by atoms with Crippen molar-refractivity contribution in [2.45, 2.75) is 18.9 Å². The van der Waals surface area contributed by atoms with E-state index in [1.54, 1.807) is 4.90 Å². The van der Waals surface area contributed by atoms with Crippen LogP contribution in [0.1, 0.15) is 24.4 Å². The minimum Gasteiger partial charge on any atom is -0.353 e. The lowest BCUT2D eigenvalue weighted by Gasteiger charge is -2.27. The zero-order valence-electron chi connectivity index (χ0n) is 10.7. The molecule has 2 saturated heterocycles. The fraction of sp³-hybridized carbons (Fsp3) is 0.429. The molecule has 2 aliphatic rings. The summed E-state index contributed by atoms with van der Waals surface area (Å²) in [5, 5.41) is 5.76. The third-order valence-electron chi connectivity index (χ3n) is 3.67. The van der Waals surface area contributed by atoms with Crippen LogP contribution >= 0.6 is 0 Å². The molecule has 100 valence electrons. The van der Waals surface area contributed by atoms with Crippen molar-refractivity contribution in [3.05, 3.63) is 29.8 Å². The van der Waals surface area contributed by atoms with Gasteiger partial charge in [-0.25, -0.2) is 0 Å². The number of imide groups is 1. The lowest BCUT2D eigenvalue weighted by Crippen LogP contribution is -2.51. The van der Waals surface area contributed by atoms with Gasteiger partial charge in [-0.15, -0.1) is 0 Å². The Morgan fingerprint density at radius 2 is 1.74 bits per heavy atom. The molecule has 1 unspecified atom stereocenters. The van der Waals surface area contributed by atoms with Gasteiger partial charge in [-0.3, -0.25) is 14.9 Å². The molecule has 0 aliphatic carbocycles. The van der Waals surface area contributed by atoms with Crippen LogP contribution in [-0.2, 0) is 9.59 Å². The molecular weight excluding hydrogens is 242 g/mol. The number of nitrogens with zero attached hydrogens (tertiary/aromatic N) is 1. The number of carbonyl (C=O) groups is 2. The molecule has 2 aliphatic heterocycles. The van der Waals surface area contributed by atoms with Crippen molar-refractivity contribution in [1.82, 2.24) is 10.6 Å². The average Bonchev–Trinajstić information content (AvgIpc) is 2.91. The zero-order valence-corrected chi connectivity index (χ0v) is 10.7. The summed E-state index contributed by atoms with van der Waals surface area (Å²) < 4.78 is 0. The summed E-state index contributed by atoms with van der Waals surface area (Å²) in [4.78, 5) is 24.5. The summed E-state index contributed by atoms with van der Waals surface area (Å²) in [5.41, 5.74) is 2.19. The molecule has 0 aromatic heterocycles. The van der Waals surface area contributed by atoms with Crippen LogP contribution in [0.4, 0.5) is 5.69 Å². The molecule has 0 saturated carbocycles. The molecule has 2 fully saturated rings. The van der Waals surface area contributed by atoms with Gasteiger partial charge in [0.25, 0.3) is 0 Å². The molecule has 1 atom stereocenters. The first-order valence-electron chi connectivity index (χ1n) is 6.63. The van der Waals surface area contributed by atoms with Crippen molar-refractivity contribution >= 4 is 17.5 Å². The van der Waals surface area contributed by atoms with Crippen LogP contribution in [0, 0.1) is 0 Å². The molecule has 5 heteroatoms. The van der Waals surface area contributed by atoms with Crippen molar-refractivity contribution in [2.75, 3.05) is 24.5 Å². The molecule has 2 N–H and O–H groups in total. The minimum atomic E-state index is -0.238. The first-order chi connectivity index (χ1) is 9.22. The topological polar surface area (TPSA) is 61.4 Å². The number of nitrogens with one attached hydrogen (secondary N) is 2. The molecule has 0 radical (unpaired) electrons. The second-order valence-electron chi connectivity index (χ2n) is 5.07. The molecule has 5 nitrogen and oxygen atoms in total. The second-order valence-corrected chi connectivity index (χ2v) is 5.07. The molecule has 0 spiro atoms. The van der Waals surface area contributed by atoms with E-state index in [0.29, 0.717) is 6.04 Å². The number of anilines is 1. The van der Waals surface area contributed by atoms with E-state index in [-0.39, 0.29) is 24.9 Å². The Morgan fingerprint density at radius 3 is 2.32 bits per heavy atom. The van der Waals surface area contributed by atoms with Crippen molar-refractivity contribution < 1.29 is 9.59 Å². The van der Waals surface area contributed by atoms with E-state index in [1.165, 1.54) is 18.4 Å². The Labute approximate surface area is 112 Å². The minimum absolute atomic E-state index is 0.238. The van der Waals surface area contributed by atoms with E-state index in [1.807, 2.05) is 12.1 Å². The second kappa shape index (κ2) is 5.01. The first kappa shape index (κ1) is 12.2. The summed E-state index contributed by atoms with van der Waals surface area (Å²) >= 11 is 0. The SMILES string of the molecule is O=C1CN(c2ccc(C3CCCN3)cc2)CC(=O)N1. The van der Waals surface area contributed by atoms with Crippen LogP contribution in [-0.4, -0.2) is 31.4 Å². The third kappa shape index (κ3) is 2.61. The molecule has 0 bridgehead atoms. The van der Waals surface area contributed by atoms with Gasteiger partial charge in [0.1, 0.15) is 0 Å². The maximum atomic E-state index is 11.3. The molecule has 1 aromatic rings. The molecule has 19 heavy (non-hydrogen) atoms. The smallest absolute Gasteiger partial charge is 0.246 e. The van der Waals surface area contributed by atoms with Gasteiger partial charge in [0, 0.05) is 11.7 Å². The Bertz CT molecular complexity index is 476. The lowest BCUT2D eigenvalue weighted by molar-refractivity contribution is -0.130. The number of piperazine rings is 1. The maximum absolute atomic E-state index is 11.3. The summed E-state index contributed by atoms with van der Waals surface area (Å²) in [6, 6.07) is 8.58. The molecule has 1 aromatic carbocycles. The van der Waals surface area contributed by atoms with Gasteiger partial charge in [0.2, 0.25) is 11.8 Å². The summed E-state index contributed by atoms with van der Waals surface area (Å²) in [7, 11) is 0. The summed E-state index contributed by atoms with van der Waals surface area (Å²) in [6.07, 6.45) is 2.39. The fourth-order valence-electron chi connectivity index (χ4n) is 2.71. The van der Waals surface area contributed by atoms with Gasteiger partial charge in [-0.05, 0) is 37.1 Å². The van der Waals surface area contributed by atoms with Crippen molar-refractivity contribution in [1.29, 1.82) is 0 Å². The monoisotopic (exact) mass is 259 g/mol. The Kier molecular flexibility index (Phi) is 3.21. The van der Waals surface area contributed by atoms with E-state index >= 15 is 0 Å². The van der Waals surface area contributed by atoms with E-state index in [4.69, 9.17) is 0 Å². The zero-order chi connectivity index (χ0) is 13.2. The third-order valence-corrected chi connectivity index (χ3v) is 3.67. The van der Waals surface area contributed by atoms with E-state index < -0.39 is 0 Å². The quantitative estimate of drug-likeness (QED) is 0.762. The Morgan fingerprint density at radius 1 is 1.05 bits per heavy atom. The van der Waals surface area contributed by atoms with Crippen LogP contribution in [0.5, 0.6) is 0 Å². The highest BCUT2D eigenvalue weighted by Crippen LogP contribution is 2.25. The lowest BCUT2D eigenvalue weighted by atomic mass is 10.0. The van der Waals surface area contributed by atoms with Gasteiger partial charge >= 0.3 is 0 Å². The number of hydrogen-bond acceptors (Lipinski definition) is 4. The first-order valence-corrected chi connectivity index (χ1v) is 6.63. The average molecular weight is 259 g/mol. The van der Waals surface area contributed by atoms with Crippen LogP contribution in [0.2, 0.25) is 0 Å². The molecule has 2 heterocycles. The summed E-state index contributed by atoms with van der Waals surface area (Å²) in [6.45, 7) is 1.56. The maximum Gasteiger partial charge on any atom is 0.246 e. The van der Waals surface area contributed by atoms with Gasteiger partial charge < -0.3 is 10.2 Å². The summed E-state index contributed by atoms with van der Waals surface area (Å²) in [5.74, 6) is -0.476. The number of benzene rings is 1. The Hall–Kier alpha value is -1.88. The van der Waals surface area contributed by atoms with Gasteiger partial charge in [0.05, 0.1) is 13.1 Å². The highest BCUT2D eigenvalue weighted by molar-refractivity contribution is 6.02. The van der Waals surface area contributed by atoms with Crippen molar-refractivity contribution in [2.24, 2.45) is 0 Å². The molecule has 3 rings (SSSR count). The van der Waals surface area contributed by atoms with Crippen LogP contribution in [0.15, 0.2) is 24.3 Å². The highest BCUT2D eigenvalue weighted by atomic mass is 16.2. The van der Waals surface area contributed by atoms with E-state index in [0.717, 1.165) is 12.2 Å². The van der Waals surface area contributed by atoms with E-state index in [9.17, 15) is 9.59 Å². The van der Waals surface area contributed by atoms with Crippen LogP contribution < -0.4 is 15.5 Å². The number of hydrogen-bond donors (Lipinski definition) is 2. The predicted octanol–water partition coefficient (Wildman–Crippen LogP) is 0.574. The van der Waals surface area contributed by atoms with Gasteiger partial charge in [0.15, 0.2) is 0 Å². The standard InChI is InChI=1S/C14H17N3O2/c18-13-8-17(9-14(19)16-13)11-5-3-10(4-6-11)12-2-1-7-15-12/h3-6,12,15H,1-2,7-9H2,(H,16,18,19). The normalized spacial score (nSPS) is 23.6. The van der Waals surface area contributed by atoms with Gasteiger partial charge in [-0.2, -0.15) is 0 Å². The van der Waals surface area contributed by atoms with Crippen molar-refractivity contribution in [3.8, 4) is 0 Å². The van der Waals surface area contributed by atoms with Crippen molar-refractivity contribution in [3.63, 3.8) is 0 Å². The van der Waals surface area contributed by atoms with Crippen LogP contribution in [0.3, 0.4) is 0 Å². The Balaban J connectivity index is 1.74. The number of amides is 2. The number of rotatable bonds is 2. The van der Waals surface area contributed by atoms with Gasteiger partial charge in [-0.1, -0.05) is 12.1 Å².